The predicted octanol–water partition coefficient (Wildman–Crippen LogP) is 4.37. The van der Waals surface area contributed by atoms with E-state index in [1.165, 1.54) is 6.42 Å². The first-order valence-corrected chi connectivity index (χ1v) is 6.32. The van der Waals surface area contributed by atoms with Gasteiger partial charge >= 0.3 is 0 Å². The van der Waals surface area contributed by atoms with Gasteiger partial charge in [0.2, 0.25) is 0 Å². The van der Waals surface area contributed by atoms with Crippen molar-refractivity contribution in [2.24, 2.45) is 16.2 Å². The molecule has 1 aliphatic carbocycles. The van der Waals surface area contributed by atoms with Crippen LogP contribution in [0.5, 0.6) is 0 Å². The second-order valence-corrected chi connectivity index (χ2v) is 6.76. The summed E-state index contributed by atoms with van der Waals surface area (Å²) in [6, 6.07) is 0. The molecule has 1 atom stereocenters. The molecule has 16 heavy (non-hydrogen) atoms. The van der Waals surface area contributed by atoms with E-state index >= 15 is 0 Å². The Labute approximate surface area is 100 Å². The molecule has 0 radical (unpaired) electrons. The molecule has 92 valence electrons. The third kappa shape index (κ3) is 2.09. The van der Waals surface area contributed by atoms with Crippen LogP contribution in [0.25, 0.3) is 0 Å². The van der Waals surface area contributed by atoms with E-state index in [9.17, 15) is 4.79 Å². The van der Waals surface area contributed by atoms with E-state index in [0.717, 1.165) is 19.3 Å². The Balaban J connectivity index is 3.17. The van der Waals surface area contributed by atoms with E-state index in [1.54, 1.807) is 6.92 Å². The summed E-state index contributed by atoms with van der Waals surface area (Å²) in [5.41, 5.74) is -0.0166. The Morgan fingerprint density at radius 2 is 1.88 bits per heavy atom. The van der Waals surface area contributed by atoms with Gasteiger partial charge in [-0.25, -0.2) is 0 Å². The quantitative estimate of drug-likeness (QED) is 0.648. The van der Waals surface area contributed by atoms with Gasteiger partial charge < -0.3 is 0 Å². The van der Waals surface area contributed by atoms with Crippen LogP contribution < -0.4 is 0 Å². The lowest BCUT2D eigenvalue weighted by Gasteiger charge is -2.51. The van der Waals surface area contributed by atoms with Gasteiger partial charge in [-0.15, -0.1) is 6.58 Å². The Morgan fingerprint density at radius 3 is 2.25 bits per heavy atom. The number of carbonyl (C=O) groups excluding carboxylic acids is 1. The molecule has 1 aliphatic rings. The second-order valence-electron chi connectivity index (χ2n) is 6.76. The minimum Gasteiger partial charge on any atom is -0.299 e. The van der Waals surface area contributed by atoms with E-state index in [0.29, 0.717) is 5.78 Å². The molecule has 1 heteroatoms. The van der Waals surface area contributed by atoms with Gasteiger partial charge in [0, 0.05) is 5.41 Å². The number of hydrogen-bond donors (Lipinski definition) is 0. The molecule has 0 aromatic rings. The van der Waals surface area contributed by atoms with Gasteiger partial charge in [-0.1, -0.05) is 40.2 Å². The Morgan fingerprint density at radius 1 is 1.31 bits per heavy atom. The van der Waals surface area contributed by atoms with Gasteiger partial charge in [-0.3, -0.25) is 4.79 Å². The number of Topliss-reactive ketones (excluding diaryl/α,β-unsaturated/α-hetero) is 1. The normalized spacial score (nSPS) is 29.8. The zero-order valence-corrected chi connectivity index (χ0v) is 11.5. The van der Waals surface area contributed by atoms with Crippen LogP contribution in [0.1, 0.15) is 60.3 Å². The van der Waals surface area contributed by atoms with Gasteiger partial charge in [0.05, 0.1) is 0 Å². The molecule has 0 saturated heterocycles. The molecule has 1 unspecified atom stereocenters. The summed E-state index contributed by atoms with van der Waals surface area (Å²) in [4.78, 5) is 12.2. The van der Waals surface area contributed by atoms with E-state index in [-0.39, 0.29) is 16.2 Å². The summed E-state index contributed by atoms with van der Waals surface area (Å²) in [6.45, 7) is 14.6. The van der Waals surface area contributed by atoms with E-state index in [2.05, 4.69) is 34.3 Å². The highest BCUT2D eigenvalue weighted by Crippen LogP contribution is 2.56. The van der Waals surface area contributed by atoms with Crippen molar-refractivity contribution in [3.05, 3.63) is 12.7 Å². The van der Waals surface area contributed by atoms with Crippen molar-refractivity contribution in [2.45, 2.75) is 60.3 Å². The van der Waals surface area contributed by atoms with Crippen LogP contribution in [0, 0.1) is 16.2 Å². The molecule has 1 nitrogen and oxygen atoms in total. The summed E-state index contributed by atoms with van der Waals surface area (Å²) < 4.78 is 0. The highest BCUT2D eigenvalue weighted by molar-refractivity contribution is 5.83. The van der Waals surface area contributed by atoms with Crippen molar-refractivity contribution < 1.29 is 4.79 Å². The largest absolute Gasteiger partial charge is 0.299 e. The van der Waals surface area contributed by atoms with Crippen LogP contribution in [0.3, 0.4) is 0 Å². The fourth-order valence-corrected chi connectivity index (χ4v) is 3.36. The SMILES string of the molecule is C=CC(C)(C)C1(C(C)=O)CCCC(C)(C)C1. The van der Waals surface area contributed by atoms with Crippen LogP contribution in [0.4, 0.5) is 0 Å². The Hall–Kier alpha value is -0.590. The maximum atomic E-state index is 12.2. The molecule has 1 fully saturated rings. The molecule has 1 saturated carbocycles. The molecule has 0 aliphatic heterocycles. The maximum Gasteiger partial charge on any atom is 0.136 e. The van der Waals surface area contributed by atoms with Crippen LogP contribution in [0.15, 0.2) is 12.7 Å². The summed E-state index contributed by atoms with van der Waals surface area (Å²) in [5.74, 6) is 0.338. The molecule has 0 aromatic carbocycles. The topological polar surface area (TPSA) is 17.1 Å². The molecule has 0 amide bonds. The lowest BCUT2D eigenvalue weighted by Crippen LogP contribution is -2.47. The minimum absolute atomic E-state index is 0.101. The molecular formula is C15H26O. The average Bonchev–Trinajstić information content (AvgIpc) is 2.15. The molecule has 0 aromatic heterocycles. The van der Waals surface area contributed by atoms with Gasteiger partial charge in [-0.05, 0) is 37.0 Å². The minimum atomic E-state index is -0.198. The van der Waals surface area contributed by atoms with Crippen molar-refractivity contribution in [2.75, 3.05) is 0 Å². The number of carbonyl (C=O) groups is 1. The fraction of sp³-hybridized carbons (Fsp3) is 0.800. The number of ketones is 1. The number of rotatable bonds is 3. The third-order valence-corrected chi connectivity index (χ3v) is 4.66. The summed E-state index contributed by atoms with van der Waals surface area (Å²) in [6.07, 6.45) is 6.37. The number of hydrogen-bond acceptors (Lipinski definition) is 1. The summed E-state index contributed by atoms with van der Waals surface area (Å²) >= 11 is 0. The molecule has 0 spiro atoms. The zero-order valence-electron chi connectivity index (χ0n) is 11.5. The standard InChI is InChI=1S/C15H26O/c1-7-14(5,6)15(12(2)16)10-8-9-13(3,4)11-15/h7H,1,8-11H2,2-6H3. The Bertz CT molecular complexity index is 299. The van der Waals surface area contributed by atoms with Gasteiger partial charge in [-0.2, -0.15) is 0 Å². The highest BCUT2D eigenvalue weighted by Gasteiger charge is 2.51. The van der Waals surface area contributed by atoms with Crippen molar-refractivity contribution in [3.63, 3.8) is 0 Å². The van der Waals surface area contributed by atoms with Crippen LogP contribution in [-0.2, 0) is 4.79 Å². The summed E-state index contributed by atoms with van der Waals surface area (Å²) in [7, 11) is 0. The lowest BCUT2D eigenvalue weighted by molar-refractivity contribution is -0.138. The third-order valence-electron chi connectivity index (χ3n) is 4.66. The van der Waals surface area contributed by atoms with Gasteiger partial charge in [0.25, 0.3) is 0 Å². The van der Waals surface area contributed by atoms with Crippen molar-refractivity contribution in [3.8, 4) is 0 Å². The average molecular weight is 222 g/mol. The van der Waals surface area contributed by atoms with Gasteiger partial charge in [0.15, 0.2) is 0 Å². The Kier molecular flexibility index (Phi) is 3.38. The monoisotopic (exact) mass is 222 g/mol. The van der Waals surface area contributed by atoms with Crippen LogP contribution in [0.2, 0.25) is 0 Å². The lowest BCUT2D eigenvalue weighted by atomic mass is 9.52. The molecular weight excluding hydrogens is 196 g/mol. The molecule has 0 bridgehead atoms. The zero-order chi connectivity index (χ0) is 12.6. The summed E-state index contributed by atoms with van der Waals surface area (Å²) in [5, 5.41) is 0. The van der Waals surface area contributed by atoms with Crippen molar-refractivity contribution in [1.29, 1.82) is 0 Å². The molecule has 0 heterocycles. The van der Waals surface area contributed by atoms with Crippen LogP contribution in [-0.4, -0.2) is 5.78 Å². The van der Waals surface area contributed by atoms with E-state index in [1.807, 2.05) is 6.08 Å². The highest BCUT2D eigenvalue weighted by atomic mass is 16.1. The van der Waals surface area contributed by atoms with Crippen molar-refractivity contribution >= 4 is 5.78 Å². The molecule has 1 rings (SSSR count). The first-order chi connectivity index (χ1) is 7.17. The first kappa shape index (κ1) is 13.5. The van der Waals surface area contributed by atoms with E-state index < -0.39 is 0 Å². The van der Waals surface area contributed by atoms with E-state index in [4.69, 9.17) is 0 Å². The predicted molar refractivity (Wildman–Crippen MR) is 69.3 cm³/mol. The maximum absolute atomic E-state index is 12.2. The van der Waals surface area contributed by atoms with Crippen molar-refractivity contribution in [1.82, 2.24) is 0 Å². The van der Waals surface area contributed by atoms with Crippen LogP contribution >= 0.6 is 0 Å². The van der Waals surface area contributed by atoms with Gasteiger partial charge in [0.1, 0.15) is 5.78 Å². The number of allylic oxidation sites excluding steroid dienone is 1. The fourth-order valence-electron chi connectivity index (χ4n) is 3.36. The first-order valence-electron chi connectivity index (χ1n) is 6.32. The second kappa shape index (κ2) is 4.01. The molecule has 0 N–H and O–H groups in total. The smallest absolute Gasteiger partial charge is 0.136 e.